The molecule has 0 N–H and O–H groups in total. The normalized spacial score (nSPS) is 16.9. The van der Waals surface area contributed by atoms with Crippen molar-refractivity contribution in [2.75, 3.05) is 26.9 Å². The fraction of sp³-hybridized carbons (Fsp3) is 0.875. The Labute approximate surface area is 72.4 Å². The molecule has 1 aliphatic heterocycles. The molecule has 0 radical (unpaired) electrons. The van der Waals surface area contributed by atoms with Gasteiger partial charge >= 0.3 is 0 Å². The summed E-state index contributed by atoms with van der Waals surface area (Å²) in [6.45, 7) is 2.06. The number of hydrogen-bond acceptors (Lipinski definition) is 3. The molecule has 4 nitrogen and oxygen atoms in total. The van der Waals surface area contributed by atoms with Crippen molar-refractivity contribution < 1.29 is 14.4 Å². The number of hydroxylamine groups is 2. The minimum Gasteiger partial charge on any atom is -0.385 e. The molecule has 0 aromatic carbocycles. The summed E-state index contributed by atoms with van der Waals surface area (Å²) >= 11 is 0. The van der Waals surface area contributed by atoms with Gasteiger partial charge in [-0.2, -0.15) is 0 Å². The summed E-state index contributed by atoms with van der Waals surface area (Å²) in [6.07, 6.45) is 2.25. The van der Waals surface area contributed by atoms with Crippen molar-refractivity contribution >= 4 is 5.91 Å². The Balaban J connectivity index is 2.10. The third kappa shape index (κ3) is 2.79. The predicted octanol–water partition coefficient (Wildman–Crippen LogP) is 0.577. The van der Waals surface area contributed by atoms with Gasteiger partial charge in [0.15, 0.2) is 0 Å². The number of methoxy groups -OCH3 is 1. The smallest absolute Gasteiger partial charge is 0.246 e. The van der Waals surface area contributed by atoms with E-state index in [0.717, 1.165) is 19.4 Å². The molecule has 1 fully saturated rings. The molecular weight excluding hydrogens is 158 g/mol. The maximum Gasteiger partial charge on any atom is 0.246 e. The van der Waals surface area contributed by atoms with Crippen LogP contribution in [-0.2, 0) is 14.4 Å². The highest BCUT2D eigenvalue weighted by molar-refractivity contribution is 5.75. The van der Waals surface area contributed by atoms with Gasteiger partial charge < -0.3 is 4.74 Å². The second-order valence-corrected chi connectivity index (χ2v) is 2.78. The number of hydrogen-bond donors (Lipinski definition) is 0. The van der Waals surface area contributed by atoms with E-state index in [2.05, 4.69) is 0 Å². The maximum absolute atomic E-state index is 11.3. The molecule has 0 unspecified atom stereocenters. The fourth-order valence-corrected chi connectivity index (χ4v) is 1.14. The highest BCUT2D eigenvalue weighted by Gasteiger charge is 2.18. The first-order valence-corrected chi connectivity index (χ1v) is 4.27. The van der Waals surface area contributed by atoms with Crippen molar-refractivity contribution in [1.29, 1.82) is 0 Å². The predicted molar refractivity (Wildman–Crippen MR) is 43.4 cm³/mol. The number of amides is 1. The van der Waals surface area contributed by atoms with Gasteiger partial charge in [0, 0.05) is 20.1 Å². The lowest BCUT2D eigenvalue weighted by atomic mass is 10.3. The first-order valence-electron chi connectivity index (χ1n) is 4.27. The van der Waals surface area contributed by atoms with E-state index >= 15 is 0 Å². The van der Waals surface area contributed by atoms with Crippen molar-refractivity contribution in [2.45, 2.75) is 19.3 Å². The van der Waals surface area contributed by atoms with Crippen molar-refractivity contribution in [3.8, 4) is 0 Å². The number of carbonyl (C=O) groups excluding carboxylic acids is 1. The van der Waals surface area contributed by atoms with Gasteiger partial charge in [-0.25, -0.2) is 5.06 Å². The Morgan fingerprint density at radius 3 is 3.08 bits per heavy atom. The van der Waals surface area contributed by atoms with Crippen LogP contribution in [0.5, 0.6) is 0 Å². The third-order valence-corrected chi connectivity index (χ3v) is 1.77. The molecule has 0 spiro atoms. The molecule has 12 heavy (non-hydrogen) atoms. The molecule has 0 saturated carbocycles. The van der Waals surface area contributed by atoms with E-state index in [4.69, 9.17) is 9.57 Å². The Bertz CT molecular complexity index is 143. The summed E-state index contributed by atoms with van der Waals surface area (Å²) in [6, 6.07) is 0. The van der Waals surface area contributed by atoms with Crippen LogP contribution >= 0.6 is 0 Å². The van der Waals surface area contributed by atoms with Crippen LogP contribution in [0.1, 0.15) is 19.3 Å². The Hall–Kier alpha value is -0.610. The van der Waals surface area contributed by atoms with Gasteiger partial charge in [0.05, 0.1) is 13.2 Å². The largest absolute Gasteiger partial charge is 0.385 e. The molecule has 1 amide bonds. The van der Waals surface area contributed by atoms with Gasteiger partial charge in [0.2, 0.25) is 5.91 Å². The topological polar surface area (TPSA) is 38.8 Å². The minimum absolute atomic E-state index is 0.0737. The van der Waals surface area contributed by atoms with Crippen LogP contribution in [0, 0.1) is 0 Å². The second kappa shape index (κ2) is 5.11. The van der Waals surface area contributed by atoms with Crippen LogP contribution in [0.4, 0.5) is 0 Å². The molecule has 4 heteroatoms. The molecule has 1 aliphatic rings. The summed E-state index contributed by atoms with van der Waals surface area (Å²) in [7, 11) is 1.64. The quantitative estimate of drug-likeness (QED) is 0.584. The Kier molecular flexibility index (Phi) is 4.04. The van der Waals surface area contributed by atoms with E-state index in [-0.39, 0.29) is 5.91 Å². The SMILES string of the molecule is COCCCC(=O)N1CCCO1. The second-order valence-electron chi connectivity index (χ2n) is 2.78. The molecule has 1 heterocycles. The molecular formula is C8H15NO3. The molecule has 0 aromatic heterocycles. The molecule has 70 valence electrons. The van der Waals surface area contributed by atoms with Crippen LogP contribution in [0.15, 0.2) is 0 Å². The zero-order valence-electron chi connectivity index (χ0n) is 7.41. The van der Waals surface area contributed by atoms with Gasteiger partial charge in [0.25, 0.3) is 0 Å². The van der Waals surface area contributed by atoms with E-state index in [9.17, 15) is 4.79 Å². The minimum atomic E-state index is 0.0737. The highest BCUT2D eigenvalue weighted by atomic mass is 16.7. The number of rotatable bonds is 4. The molecule has 0 aliphatic carbocycles. The Morgan fingerprint density at radius 1 is 1.67 bits per heavy atom. The van der Waals surface area contributed by atoms with Gasteiger partial charge in [-0.1, -0.05) is 0 Å². The fourth-order valence-electron chi connectivity index (χ4n) is 1.14. The molecule has 0 atom stereocenters. The first-order chi connectivity index (χ1) is 5.84. The van der Waals surface area contributed by atoms with Gasteiger partial charge in [-0.15, -0.1) is 0 Å². The van der Waals surface area contributed by atoms with Gasteiger partial charge in [-0.3, -0.25) is 9.63 Å². The monoisotopic (exact) mass is 173 g/mol. The maximum atomic E-state index is 11.3. The summed E-state index contributed by atoms with van der Waals surface area (Å²) in [5.74, 6) is 0.0737. The number of ether oxygens (including phenoxy) is 1. The molecule has 1 rings (SSSR count). The highest BCUT2D eigenvalue weighted by Crippen LogP contribution is 2.07. The molecule has 0 bridgehead atoms. The summed E-state index contributed by atoms with van der Waals surface area (Å²) < 4.78 is 4.84. The molecule has 1 saturated heterocycles. The van der Waals surface area contributed by atoms with Crippen molar-refractivity contribution in [2.24, 2.45) is 0 Å². The average molecular weight is 173 g/mol. The summed E-state index contributed by atoms with van der Waals surface area (Å²) in [4.78, 5) is 16.4. The average Bonchev–Trinajstić information content (AvgIpc) is 2.56. The lowest BCUT2D eigenvalue weighted by Gasteiger charge is -2.12. The van der Waals surface area contributed by atoms with E-state index in [0.29, 0.717) is 19.6 Å². The van der Waals surface area contributed by atoms with Crippen molar-refractivity contribution in [1.82, 2.24) is 5.06 Å². The van der Waals surface area contributed by atoms with E-state index in [1.165, 1.54) is 5.06 Å². The van der Waals surface area contributed by atoms with Crippen molar-refractivity contribution in [3.63, 3.8) is 0 Å². The first kappa shape index (κ1) is 9.48. The van der Waals surface area contributed by atoms with E-state index in [1.54, 1.807) is 7.11 Å². The number of nitrogens with zero attached hydrogens (tertiary/aromatic N) is 1. The van der Waals surface area contributed by atoms with Crippen LogP contribution in [0.2, 0.25) is 0 Å². The van der Waals surface area contributed by atoms with Crippen LogP contribution in [-0.4, -0.2) is 37.8 Å². The van der Waals surface area contributed by atoms with E-state index < -0.39 is 0 Å². The lowest BCUT2D eigenvalue weighted by Crippen LogP contribution is -2.26. The standard InChI is InChI=1S/C8H15NO3/c1-11-6-2-4-8(10)9-5-3-7-12-9/h2-7H2,1H3. The van der Waals surface area contributed by atoms with Crippen LogP contribution < -0.4 is 0 Å². The van der Waals surface area contributed by atoms with E-state index in [1.807, 2.05) is 0 Å². The third-order valence-electron chi connectivity index (χ3n) is 1.77. The van der Waals surface area contributed by atoms with Crippen LogP contribution in [0.3, 0.4) is 0 Å². The van der Waals surface area contributed by atoms with Crippen molar-refractivity contribution in [3.05, 3.63) is 0 Å². The summed E-state index contributed by atoms with van der Waals surface area (Å²) in [5, 5.41) is 1.45. The molecule has 0 aromatic rings. The zero-order valence-corrected chi connectivity index (χ0v) is 7.41. The van der Waals surface area contributed by atoms with Gasteiger partial charge in [0.1, 0.15) is 0 Å². The summed E-state index contributed by atoms with van der Waals surface area (Å²) in [5.41, 5.74) is 0. The van der Waals surface area contributed by atoms with Crippen LogP contribution in [0.25, 0.3) is 0 Å². The lowest BCUT2D eigenvalue weighted by molar-refractivity contribution is -0.169. The number of carbonyl (C=O) groups is 1. The Morgan fingerprint density at radius 2 is 2.50 bits per heavy atom. The van der Waals surface area contributed by atoms with Gasteiger partial charge in [-0.05, 0) is 12.8 Å². The zero-order chi connectivity index (χ0) is 8.81.